The van der Waals surface area contributed by atoms with Crippen LogP contribution in [0.2, 0.25) is 0 Å². The van der Waals surface area contributed by atoms with Crippen molar-refractivity contribution < 1.29 is 5.11 Å². The van der Waals surface area contributed by atoms with Gasteiger partial charge >= 0.3 is 0 Å². The highest BCUT2D eigenvalue weighted by molar-refractivity contribution is 5.39. The highest BCUT2D eigenvalue weighted by Gasteiger charge is 2.20. The summed E-state index contributed by atoms with van der Waals surface area (Å²) in [6.07, 6.45) is 3.22. The number of rotatable bonds is 5. The standard InChI is InChI=1S/C14H22N6O/c1-12-9-14(17-16-12)19-7-5-18(6-8-19)10-13(21)11-20-4-2-3-15-20/h2-4,9,13,21H,5-8,10-11H2,1H3,(H,16,17). The Morgan fingerprint density at radius 1 is 1.29 bits per heavy atom. The number of β-amino-alcohol motifs (C(OH)–C–C–N with tert-alkyl or cyclic N) is 1. The molecule has 1 atom stereocenters. The zero-order chi connectivity index (χ0) is 14.7. The summed E-state index contributed by atoms with van der Waals surface area (Å²) in [6, 6.07) is 3.94. The molecule has 2 aromatic heterocycles. The van der Waals surface area contributed by atoms with Crippen LogP contribution in [0.5, 0.6) is 0 Å². The summed E-state index contributed by atoms with van der Waals surface area (Å²) in [6.45, 7) is 7.03. The van der Waals surface area contributed by atoms with Gasteiger partial charge in [0, 0.05) is 56.9 Å². The number of aliphatic hydroxyl groups is 1. The second kappa shape index (κ2) is 6.28. The molecule has 1 fully saturated rings. The third-order valence-corrected chi connectivity index (χ3v) is 3.81. The van der Waals surface area contributed by atoms with Gasteiger partial charge in [-0.05, 0) is 13.0 Å². The molecule has 21 heavy (non-hydrogen) atoms. The third-order valence-electron chi connectivity index (χ3n) is 3.81. The molecule has 2 aromatic rings. The largest absolute Gasteiger partial charge is 0.390 e. The van der Waals surface area contributed by atoms with Crippen LogP contribution in [-0.4, -0.2) is 68.8 Å². The first kappa shape index (κ1) is 14.1. The molecular formula is C14H22N6O. The number of nitrogens with one attached hydrogen (secondary N) is 1. The van der Waals surface area contributed by atoms with E-state index < -0.39 is 0 Å². The fourth-order valence-electron chi connectivity index (χ4n) is 2.71. The lowest BCUT2D eigenvalue weighted by molar-refractivity contribution is 0.0920. The lowest BCUT2D eigenvalue weighted by atomic mass is 10.2. The maximum atomic E-state index is 10.1. The summed E-state index contributed by atoms with van der Waals surface area (Å²) in [5.41, 5.74) is 1.09. The highest BCUT2D eigenvalue weighted by atomic mass is 16.3. The molecule has 0 saturated carbocycles. The number of hydrogen-bond donors (Lipinski definition) is 2. The van der Waals surface area contributed by atoms with Crippen LogP contribution < -0.4 is 4.90 Å². The van der Waals surface area contributed by atoms with Crippen LogP contribution in [-0.2, 0) is 6.54 Å². The van der Waals surface area contributed by atoms with Crippen molar-refractivity contribution >= 4 is 5.82 Å². The number of hydrogen-bond acceptors (Lipinski definition) is 5. The molecular weight excluding hydrogens is 268 g/mol. The fourth-order valence-corrected chi connectivity index (χ4v) is 2.71. The van der Waals surface area contributed by atoms with Crippen LogP contribution >= 0.6 is 0 Å². The van der Waals surface area contributed by atoms with E-state index in [-0.39, 0.29) is 6.10 Å². The lowest BCUT2D eigenvalue weighted by Crippen LogP contribution is -2.49. The van der Waals surface area contributed by atoms with Gasteiger partial charge in [-0.1, -0.05) is 0 Å². The molecule has 114 valence electrons. The van der Waals surface area contributed by atoms with Gasteiger partial charge in [-0.15, -0.1) is 0 Å². The molecule has 0 aliphatic carbocycles. The van der Waals surface area contributed by atoms with Crippen LogP contribution in [0.1, 0.15) is 5.69 Å². The number of aromatic amines is 1. The zero-order valence-electron chi connectivity index (χ0n) is 12.3. The molecule has 0 radical (unpaired) electrons. The molecule has 0 amide bonds. The first-order valence-electron chi connectivity index (χ1n) is 7.35. The van der Waals surface area contributed by atoms with Crippen molar-refractivity contribution in [3.63, 3.8) is 0 Å². The Hall–Kier alpha value is -1.86. The summed E-state index contributed by atoms with van der Waals surface area (Å²) in [5.74, 6) is 1.02. The first-order chi connectivity index (χ1) is 10.2. The molecule has 0 bridgehead atoms. The Morgan fingerprint density at radius 2 is 2.10 bits per heavy atom. The van der Waals surface area contributed by atoms with Crippen molar-refractivity contribution in [1.82, 2.24) is 24.9 Å². The molecule has 3 heterocycles. The van der Waals surface area contributed by atoms with Crippen LogP contribution in [0.3, 0.4) is 0 Å². The van der Waals surface area contributed by atoms with E-state index >= 15 is 0 Å². The normalized spacial score (nSPS) is 18.1. The average Bonchev–Trinajstić information content (AvgIpc) is 3.11. The monoisotopic (exact) mass is 290 g/mol. The maximum Gasteiger partial charge on any atom is 0.150 e. The lowest BCUT2D eigenvalue weighted by Gasteiger charge is -2.35. The number of aryl methyl sites for hydroxylation is 1. The van der Waals surface area contributed by atoms with Crippen molar-refractivity contribution in [2.24, 2.45) is 0 Å². The predicted octanol–water partition coefficient (Wildman–Crippen LogP) is 0.0977. The quantitative estimate of drug-likeness (QED) is 0.817. The number of H-pyrrole nitrogens is 1. The van der Waals surface area contributed by atoms with Gasteiger partial charge < -0.3 is 10.0 Å². The maximum absolute atomic E-state index is 10.1. The summed E-state index contributed by atoms with van der Waals surface area (Å²) in [7, 11) is 0. The Kier molecular flexibility index (Phi) is 4.21. The SMILES string of the molecule is Cc1cc(N2CCN(CC(O)Cn3cccn3)CC2)n[nH]1. The first-order valence-corrected chi connectivity index (χ1v) is 7.35. The topological polar surface area (TPSA) is 73.2 Å². The number of piperazine rings is 1. The van der Waals surface area contributed by atoms with Gasteiger partial charge in [-0.3, -0.25) is 14.7 Å². The molecule has 0 aromatic carbocycles. The molecule has 1 saturated heterocycles. The molecule has 7 heteroatoms. The summed E-state index contributed by atoms with van der Waals surface area (Å²) in [5, 5.41) is 21.5. The molecule has 7 nitrogen and oxygen atoms in total. The van der Waals surface area contributed by atoms with Gasteiger partial charge in [-0.25, -0.2) is 0 Å². The van der Waals surface area contributed by atoms with E-state index in [1.165, 1.54) is 0 Å². The molecule has 1 unspecified atom stereocenters. The summed E-state index contributed by atoms with van der Waals surface area (Å²) in [4.78, 5) is 4.57. The minimum absolute atomic E-state index is 0.385. The van der Waals surface area contributed by atoms with Crippen molar-refractivity contribution in [2.45, 2.75) is 19.6 Å². The van der Waals surface area contributed by atoms with E-state index in [1.54, 1.807) is 10.9 Å². The molecule has 2 N–H and O–H groups in total. The van der Waals surface area contributed by atoms with Gasteiger partial charge in [0.15, 0.2) is 5.82 Å². The molecule has 3 rings (SSSR count). The minimum Gasteiger partial charge on any atom is -0.390 e. The van der Waals surface area contributed by atoms with Gasteiger partial charge in [0.25, 0.3) is 0 Å². The van der Waals surface area contributed by atoms with Gasteiger partial charge in [0.2, 0.25) is 0 Å². The smallest absolute Gasteiger partial charge is 0.150 e. The number of anilines is 1. The Morgan fingerprint density at radius 3 is 2.71 bits per heavy atom. The second-order valence-electron chi connectivity index (χ2n) is 5.58. The Balaban J connectivity index is 1.45. The van der Waals surface area contributed by atoms with Crippen LogP contribution in [0.15, 0.2) is 24.5 Å². The van der Waals surface area contributed by atoms with Gasteiger partial charge in [0.05, 0.1) is 12.6 Å². The van der Waals surface area contributed by atoms with Crippen molar-refractivity contribution in [1.29, 1.82) is 0 Å². The predicted molar refractivity (Wildman–Crippen MR) is 80.2 cm³/mol. The van der Waals surface area contributed by atoms with Gasteiger partial charge in [-0.2, -0.15) is 10.2 Å². The number of aromatic nitrogens is 4. The van der Waals surface area contributed by atoms with E-state index in [4.69, 9.17) is 0 Å². The van der Waals surface area contributed by atoms with Crippen LogP contribution in [0.4, 0.5) is 5.82 Å². The molecule has 0 spiro atoms. The van der Waals surface area contributed by atoms with E-state index in [1.807, 2.05) is 19.2 Å². The summed E-state index contributed by atoms with van der Waals surface area (Å²) >= 11 is 0. The van der Waals surface area contributed by atoms with Crippen LogP contribution in [0.25, 0.3) is 0 Å². The molecule has 1 aliphatic rings. The Labute approximate surface area is 124 Å². The van der Waals surface area contributed by atoms with E-state index in [0.29, 0.717) is 13.1 Å². The highest BCUT2D eigenvalue weighted by Crippen LogP contribution is 2.14. The fraction of sp³-hybridized carbons (Fsp3) is 0.571. The van der Waals surface area contributed by atoms with E-state index in [9.17, 15) is 5.11 Å². The zero-order valence-corrected chi connectivity index (χ0v) is 12.3. The van der Waals surface area contributed by atoms with Gasteiger partial charge in [0.1, 0.15) is 0 Å². The number of aliphatic hydroxyl groups excluding tert-OH is 1. The van der Waals surface area contributed by atoms with E-state index in [2.05, 4.69) is 31.2 Å². The van der Waals surface area contributed by atoms with Crippen molar-refractivity contribution in [3.8, 4) is 0 Å². The van der Waals surface area contributed by atoms with Crippen LogP contribution in [0, 0.1) is 6.92 Å². The average molecular weight is 290 g/mol. The van der Waals surface area contributed by atoms with Crippen molar-refractivity contribution in [2.75, 3.05) is 37.6 Å². The third kappa shape index (κ3) is 3.62. The number of nitrogens with zero attached hydrogens (tertiary/aromatic N) is 5. The second-order valence-corrected chi connectivity index (χ2v) is 5.58. The molecule has 1 aliphatic heterocycles. The minimum atomic E-state index is -0.385. The van der Waals surface area contributed by atoms with E-state index in [0.717, 1.165) is 37.7 Å². The van der Waals surface area contributed by atoms with Crippen molar-refractivity contribution in [3.05, 3.63) is 30.2 Å². The summed E-state index contributed by atoms with van der Waals surface area (Å²) < 4.78 is 1.77. The Bertz CT molecular complexity index is 544.